The number of hydrogen-bond acceptors (Lipinski definition) is 4. The second-order valence-electron chi connectivity index (χ2n) is 5.52. The molecular formula is C14H15N3O2. The van der Waals surface area contributed by atoms with Crippen molar-refractivity contribution in [2.45, 2.75) is 31.7 Å². The summed E-state index contributed by atoms with van der Waals surface area (Å²) in [5, 5.41) is 23.2. The Kier molecular flexibility index (Phi) is 2.86. The molecule has 0 radical (unpaired) electrons. The number of rotatable bonds is 3. The van der Waals surface area contributed by atoms with Crippen LogP contribution in [0.15, 0.2) is 18.2 Å². The SMILES string of the molecule is N#Cc1cc([N+](=O)[O-])ccc1NC1CC2CCC1C2. The van der Waals surface area contributed by atoms with E-state index in [2.05, 4.69) is 5.32 Å². The van der Waals surface area contributed by atoms with Crippen molar-refractivity contribution in [2.75, 3.05) is 5.32 Å². The summed E-state index contributed by atoms with van der Waals surface area (Å²) in [5.74, 6) is 1.53. The van der Waals surface area contributed by atoms with Crippen LogP contribution in [0.2, 0.25) is 0 Å². The fraction of sp³-hybridized carbons (Fsp3) is 0.500. The molecular weight excluding hydrogens is 242 g/mol. The van der Waals surface area contributed by atoms with Crippen LogP contribution >= 0.6 is 0 Å². The van der Waals surface area contributed by atoms with E-state index in [1.165, 1.54) is 31.4 Å². The summed E-state index contributed by atoms with van der Waals surface area (Å²) in [5.41, 5.74) is 1.05. The van der Waals surface area contributed by atoms with Gasteiger partial charge in [-0.25, -0.2) is 0 Å². The molecule has 2 fully saturated rings. The van der Waals surface area contributed by atoms with Crippen molar-refractivity contribution in [1.29, 1.82) is 5.26 Å². The molecule has 5 nitrogen and oxygen atoms in total. The van der Waals surface area contributed by atoms with E-state index in [1.807, 2.05) is 6.07 Å². The third kappa shape index (κ3) is 2.14. The number of nitro benzene ring substituents is 1. The first-order chi connectivity index (χ1) is 9.17. The number of nitro groups is 1. The zero-order valence-corrected chi connectivity index (χ0v) is 10.5. The van der Waals surface area contributed by atoms with Crippen molar-refractivity contribution in [3.05, 3.63) is 33.9 Å². The average Bonchev–Trinajstić information content (AvgIpc) is 3.01. The van der Waals surface area contributed by atoms with Crippen LogP contribution in [0, 0.1) is 33.3 Å². The van der Waals surface area contributed by atoms with Crippen molar-refractivity contribution >= 4 is 11.4 Å². The first kappa shape index (κ1) is 12.0. The van der Waals surface area contributed by atoms with Gasteiger partial charge >= 0.3 is 0 Å². The van der Waals surface area contributed by atoms with Crippen LogP contribution in [-0.4, -0.2) is 11.0 Å². The molecule has 1 N–H and O–H groups in total. The van der Waals surface area contributed by atoms with Gasteiger partial charge in [0.05, 0.1) is 16.2 Å². The van der Waals surface area contributed by atoms with Crippen LogP contribution in [0.5, 0.6) is 0 Å². The predicted octanol–water partition coefficient (Wildman–Crippen LogP) is 3.07. The van der Waals surface area contributed by atoms with Gasteiger partial charge in [-0.3, -0.25) is 10.1 Å². The van der Waals surface area contributed by atoms with Gasteiger partial charge in [-0.1, -0.05) is 6.42 Å². The van der Waals surface area contributed by atoms with Crippen molar-refractivity contribution < 1.29 is 4.92 Å². The Balaban J connectivity index is 1.81. The van der Waals surface area contributed by atoms with Gasteiger partial charge in [0.15, 0.2) is 0 Å². The van der Waals surface area contributed by atoms with Gasteiger partial charge in [-0.2, -0.15) is 5.26 Å². The molecule has 2 bridgehead atoms. The van der Waals surface area contributed by atoms with Crippen molar-refractivity contribution in [3.8, 4) is 6.07 Å². The molecule has 5 heteroatoms. The van der Waals surface area contributed by atoms with Crippen molar-refractivity contribution in [3.63, 3.8) is 0 Å². The largest absolute Gasteiger partial charge is 0.381 e. The highest BCUT2D eigenvalue weighted by atomic mass is 16.6. The van der Waals surface area contributed by atoms with Crippen LogP contribution in [0.25, 0.3) is 0 Å². The molecule has 3 atom stereocenters. The fourth-order valence-corrected chi connectivity index (χ4v) is 3.49. The smallest absolute Gasteiger partial charge is 0.270 e. The predicted molar refractivity (Wildman–Crippen MR) is 70.7 cm³/mol. The topological polar surface area (TPSA) is 79.0 Å². The monoisotopic (exact) mass is 257 g/mol. The van der Waals surface area contributed by atoms with Crippen LogP contribution in [0.3, 0.4) is 0 Å². The first-order valence-electron chi connectivity index (χ1n) is 6.62. The van der Waals surface area contributed by atoms with Crippen LogP contribution in [0.4, 0.5) is 11.4 Å². The van der Waals surface area contributed by atoms with Gasteiger partial charge in [0, 0.05) is 18.2 Å². The molecule has 2 aliphatic rings. The van der Waals surface area contributed by atoms with Gasteiger partial charge in [0.1, 0.15) is 6.07 Å². The molecule has 0 spiro atoms. The van der Waals surface area contributed by atoms with Crippen molar-refractivity contribution in [2.24, 2.45) is 11.8 Å². The molecule has 0 heterocycles. The van der Waals surface area contributed by atoms with E-state index in [1.54, 1.807) is 6.07 Å². The normalized spacial score (nSPS) is 28.1. The van der Waals surface area contributed by atoms with Gasteiger partial charge < -0.3 is 5.32 Å². The van der Waals surface area contributed by atoms with Crippen molar-refractivity contribution in [1.82, 2.24) is 0 Å². The molecule has 98 valence electrons. The summed E-state index contributed by atoms with van der Waals surface area (Å²) in [7, 11) is 0. The summed E-state index contributed by atoms with van der Waals surface area (Å²) in [6, 6.07) is 6.92. The number of nitriles is 1. The van der Waals surface area contributed by atoms with E-state index in [0.717, 1.165) is 18.0 Å². The molecule has 0 saturated heterocycles. The number of benzene rings is 1. The number of nitrogens with one attached hydrogen (secondary N) is 1. The maximum Gasteiger partial charge on any atom is 0.270 e. The van der Waals surface area contributed by atoms with E-state index in [-0.39, 0.29) is 5.69 Å². The van der Waals surface area contributed by atoms with Gasteiger partial charge in [-0.15, -0.1) is 0 Å². The Hall–Kier alpha value is -2.09. The summed E-state index contributed by atoms with van der Waals surface area (Å²) in [4.78, 5) is 10.2. The molecule has 1 aromatic carbocycles. The minimum Gasteiger partial charge on any atom is -0.381 e. The Morgan fingerprint density at radius 1 is 1.37 bits per heavy atom. The van der Waals surface area contributed by atoms with Gasteiger partial charge in [0.25, 0.3) is 5.69 Å². The molecule has 2 saturated carbocycles. The van der Waals surface area contributed by atoms with Crippen LogP contribution < -0.4 is 5.32 Å². The zero-order chi connectivity index (χ0) is 13.4. The maximum absolute atomic E-state index is 10.7. The number of fused-ring (bicyclic) bond motifs is 2. The standard InChI is InChI=1S/C14H15N3O2/c15-8-11-7-12(17(18)19)3-4-13(11)16-14-6-9-1-2-10(14)5-9/h3-4,7,9-10,14,16H,1-2,5-6H2. The van der Waals surface area contributed by atoms with Crippen LogP contribution in [-0.2, 0) is 0 Å². The lowest BCUT2D eigenvalue weighted by Crippen LogP contribution is -2.26. The summed E-state index contributed by atoms with van der Waals surface area (Å²) in [6.45, 7) is 0. The molecule has 1 aromatic rings. The Labute approximate surface area is 111 Å². The number of nitrogens with zero attached hydrogens (tertiary/aromatic N) is 2. The van der Waals surface area contributed by atoms with Gasteiger partial charge in [-0.05, 0) is 37.2 Å². The molecule has 19 heavy (non-hydrogen) atoms. The highest BCUT2D eigenvalue weighted by molar-refractivity contribution is 5.62. The fourth-order valence-electron chi connectivity index (χ4n) is 3.49. The minimum atomic E-state index is -0.470. The molecule has 0 amide bonds. The molecule has 0 aromatic heterocycles. The Bertz CT molecular complexity index is 564. The number of hydrogen-bond donors (Lipinski definition) is 1. The third-order valence-electron chi connectivity index (χ3n) is 4.41. The van der Waals surface area contributed by atoms with E-state index >= 15 is 0 Å². The lowest BCUT2D eigenvalue weighted by atomic mass is 9.95. The second kappa shape index (κ2) is 4.54. The number of non-ortho nitro benzene ring substituents is 1. The van der Waals surface area contributed by atoms with E-state index in [9.17, 15) is 10.1 Å². The summed E-state index contributed by atoms with van der Waals surface area (Å²) < 4.78 is 0. The van der Waals surface area contributed by atoms with E-state index < -0.39 is 4.92 Å². The Morgan fingerprint density at radius 3 is 2.79 bits per heavy atom. The Morgan fingerprint density at radius 2 is 2.21 bits per heavy atom. The zero-order valence-electron chi connectivity index (χ0n) is 10.5. The quantitative estimate of drug-likeness (QED) is 0.666. The maximum atomic E-state index is 10.7. The van der Waals surface area contributed by atoms with Crippen LogP contribution in [0.1, 0.15) is 31.2 Å². The average molecular weight is 257 g/mol. The first-order valence-corrected chi connectivity index (χ1v) is 6.62. The number of anilines is 1. The highest BCUT2D eigenvalue weighted by Crippen LogP contribution is 2.45. The molecule has 0 aliphatic heterocycles. The van der Waals surface area contributed by atoms with Gasteiger partial charge in [0.2, 0.25) is 0 Å². The molecule has 3 unspecified atom stereocenters. The van der Waals surface area contributed by atoms with E-state index in [0.29, 0.717) is 17.5 Å². The highest BCUT2D eigenvalue weighted by Gasteiger charge is 2.39. The summed E-state index contributed by atoms with van der Waals surface area (Å²) >= 11 is 0. The lowest BCUT2D eigenvalue weighted by Gasteiger charge is -2.24. The minimum absolute atomic E-state index is 0.0324. The third-order valence-corrected chi connectivity index (χ3v) is 4.41. The summed E-state index contributed by atoms with van der Waals surface area (Å²) in [6.07, 6.45) is 5.03. The molecule has 2 aliphatic carbocycles. The van der Waals surface area contributed by atoms with E-state index in [4.69, 9.17) is 5.26 Å². The lowest BCUT2D eigenvalue weighted by molar-refractivity contribution is -0.384. The molecule has 3 rings (SSSR count). The second-order valence-corrected chi connectivity index (χ2v) is 5.52.